The topological polar surface area (TPSA) is 55.2 Å². The van der Waals surface area contributed by atoms with E-state index in [2.05, 4.69) is 11.9 Å². The van der Waals surface area contributed by atoms with Crippen LogP contribution >= 0.6 is 0 Å². The number of unbranched alkanes of at least 4 members (excludes halogenated alkanes) is 1. The molecule has 1 aromatic carbocycles. The summed E-state index contributed by atoms with van der Waals surface area (Å²) in [7, 11) is 0. The molecule has 23 heavy (non-hydrogen) atoms. The van der Waals surface area contributed by atoms with Gasteiger partial charge in [0.25, 0.3) is 5.56 Å². The molecular formula is C18H23N3O2. The largest absolute Gasteiger partial charge is 0.311 e. The van der Waals surface area contributed by atoms with Gasteiger partial charge in [0.15, 0.2) is 0 Å². The Morgan fingerprint density at radius 1 is 1.22 bits per heavy atom. The molecule has 0 fully saturated rings. The van der Waals surface area contributed by atoms with Crippen LogP contribution in [0.25, 0.3) is 0 Å². The predicted molar refractivity (Wildman–Crippen MR) is 91.6 cm³/mol. The van der Waals surface area contributed by atoms with Crippen molar-refractivity contribution in [2.45, 2.75) is 39.7 Å². The second-order valence-corrected chi connectivity index (χ2v) is 5.42. The van der Waals surface area contributed by atoms with Crippen LogP contribution in [0.4, 0.5) is 5.69 Å². The average Bonchev–Trinajstić information content (AvgIpc) is 2.57. The molecule has 1 heterocycles. The third kappa shape index (κ3) is 4.52. The summed E-state index contributed by atoms with van der Waals surface area (Å²) in [6.07, 6.45) is 4.34. The van der Waals surface area contributed by atoms with Gasteiger partial charge in [-0.25, -0.2) is 4.98 Å². The van der Waals surface area contributed by atoms with E-state index in [1.54, 1.807) is 4.90 Å². The van der Waals surface area contributed by atoms with Crippen LogP contribution in [0.15, 0.2) is 47.5 Å². The Morgan fingerprint density at radius 2 is 1.96 bits per heavy atom. The lowest BCUT2D eigenvalue weighted by molar-refractivity contribution is -0.119. The molecule has 2 aromatic rings. The van der Waals surface area contributed by atoms with E-state index in [-0.39, 0.29) is 18.0 Å². The van der Waals surface area contributed by atoms with Crippen molar-refractivity contribution >= 4 is 11.6 Å². The quantitative estimate of drug-likeness (QED) is 0.789. The number of nitrogens with zero attached hydrogens (tertiary/aromatic N) is 3. The molecule has 0 saturated heterocycles. The Bertz CT molecular complexity index is 695. The van der Waals surface area contributed by atoms with Gasteiger partial charge >= 0.3 is 0 Å². The van der Waals surface area contributed by atoms with Crippen LogP contribution < -0.4 is 10.5 Å². The van der Waals surface area contributed by atoms with Crippen LogP contribution in [-0.2, 0) is 17.8 Å². The number of hydrogen-bond acceptors (Lipinski definition) is 3. The zero-order chi connectivity index (χ0) is 16.7. The van der Waals surface area contributed by atoms with E-state index in [9.17, 15) is 9.59 Å². The number of anilines is 1. The number of likely N-dealkylation sites (N-methyl/N-ethyl adjacent to an activating group) is 1. The first-order valence-corrected chi connectivity index (χ1v) is 8.06. The van der Waals surface area contributed by atoms with Gasteiger partial charge in [-0.1, -0.05) is 31.5 Å². The summed E-state index contributed by atoms with van der Waals surface area (Å²) >= 11 is 0. The van der Waals surface area contributed by atoms with Gasteiger partial charge in [0.1, 0.15) is 6.54 Å². The van der Waals surface area contributed by atoms with Gasteiger partial charge in [0, 0.05) is 24.0 Å². The summed E-state index contributed by atoms with van der Waals surface area (Å²) < 4.78 is 1.36. The van der Waals surface area contributed by atoms with Crippen molar-refractivity contribution in [1.82, 2.24) is 9.55 Å². The van der Waals surface area contributed by atoms with Crippen molar-refractivity contribution in [2.24, 2.45) is 0 Å². The zero-order valence-corrected chi connectivity index (χ0v) is 13.7. The predicted octanol–water partition coefficient (Wildman–Crippen LogP) is 2.64. The fourth-order valence-corrected chi connectivity index (χ4v) is 2.42. The highest BCUT2D eigenvalue weighted by molar-refractivity contribution is 5.93. The van der Waals surface area contributed by atoms with Crippen LogP contribution in [-0.4, -0.2) is 22.0 Å². The minimum atomic E-state index is -0.177. The number of amides is 1. The van der Waals surface area contributed by atoms with Crippen LogP contribution in [0.2, 0.25) is 0 Å². The van der Waals surface area contributed by atoms with Crippen LogP contribution in [0, 0.1) is 0 Å². The molecule has 0 bridgehead atoms. The minimum Gasteiger partial charge on any atom is -0.311 e. The van der Waals surface area contributed by atoms with Crippen molar-refractivity contribution in [3.05, 3.63) is 58.8 Å². The summed E-state index contributed by atoms with van der Waals surface area (Å²) in [5.74, 6) is -0.121. The molecule has 0 radical (unpaired) electrons. The molecule has 0 aliphatic rings. The fourth-order valence-electron chi connectivity index (χ4n) is 2.42. The highest BCUT2D eigenvalue weighted by Crippen LogP contribution is 2.13. The molecule has 1 amide bonds. The van der Waals surface area contributed by atoms with E-state index in [1.807, 2.05) is 37.3 Å². The number of benzene rings is 1. The van der Waals surface area contributed by atoms with Gasteiger partial charge in [0.05, 0.1) is 6.33 Å². The molecule has 0 aliphatic heterocycles. The maximum Gasteiger partial charge on any atom is 0.253 e. The summed E-state index contributed by atoms with van der Waals surface area (Å²) in [4.78, 5) is 30.6. The minimum absolute atomic E-state index is 0.00260. The van der Waals surface area contributed by atoms with Crippen molar-refractivity contribution in [3.63, 3.8) is 0 Å². The van der Waals surface area contributed by atoms with E-state index in [4.69, 9.17) is 0 Å². The third-order valence-corrected chi connectivity index (χ3v) is 3.71. The van der Waals surface area contributed by atoms with Crippen molar-refractivity contribution in [3.8, 4) is 0 Å². The van der Waals surface area contributed by atoms with Gasteiger partial charge < -0.3 is 4.90 Å². The third-order valence-electron chi connectivity index (χ3n) is 3.71. The smallest absolute Gasteiger partial charge is 0.253 e. The number of aromatic nitrogens is 2. The van der Waals surface area contributed by atoms with Crippen molar-refractivity contribution in [2.75, 3.05) is 11.4 Å². The highest BCUT2D eigenvalue weighted by atomic mass is 16.2. The molecule has 0 aliphatic carbocycles. The van der Waals surface area contributed by atoms with Gasteiger partial charge in [0.2, 0.25) is 5.91 Å². The fraction of sp³-hybridized carbons (Fsp3) is 0.389. The normalized spacial score (nSPS) is 10.5. The number of rotatable bonds is 7. The van der Waals surface area contributed by atoms with Gasteiger partial charge in [-0.3, -0.25) is 14.2 Å². The monoisotopic (exact) mass is 313 g/mol. The lowest BCUT2D eigenvalue weighted by atomic mass is 10.2. The summed E-state index contributed by atoms with van der Waals surface area (Å²) in [5.41, 5.74) is 1.44. The Kier molecular flexibility index (Phi) is 6.09. The molecule has 2 rings (SSSR count). The Labute approximate surface area is 136 Å². The van der Waals surface area contributed by atoms with E-state index in [1.165, 1.54) is 17.0 Å². The van der Waals surface area contributed by atoms with Crippen LogP contribution in [0.1, 0.15) is 32.4 Å². The number of hydrogen-bond donors (Lipinski definition) is 0. The maximum absolute atomic E-state index is 12.5. The SMILES string of the molecule is CCCCc1cc(=O)n(CC(=O)N(CC)c2ccccc2)cn1. The standard InChI is InChI=1S/C18H23N3O2/c1-3-5-9-15-12-17(22)20(14-19-15)13-18(23)21(4-2)16-10-7-6-8-11-16/h6-8,10-12,14H,3-5,9,13H2,1-2H3. The summed E-state index contributed by atoms with van der Waals surface area (Å²) in [5, 5.41) is 0. The first-order chi connectivity index (χ1) is 11.2. The molecule has 1 aromatic heterocycles. The highest BCUT2D eigenvalue weighted by Gasteiger charge is 2.15. The number of aryl methyl sites for hydroxylation is 1. The molecule has 0 unspecified atom stereocenters. The molecule has 0 spiro atoms. The summed E-state index contributed by atoms with van der Waals surface area (Å²) in [6, 6.07) is 11.0. The van der Waals surface area contributed by atoms with E-state index < -0.39 is 0 Å². The van der Waals surface area contributed by atoms with Crippen LogP contribution in [0.5, 0.6) is 0 Å². The number of carbonyl (C=O) groups is 1. The lowest BCUT2D eigenvalue weighted by Gasteiger charge is -2.21. The Hall–Kier alpha value is -2.43. The first kappa shape index (κ1) is 16.9. The Balaban J connectivity index is 2.11. The van der Waals surface area contributed by atoms with E-state index in [0.717, 1.165) is 30.6 Å². The summed E-state index contributed by atoms with van der Waals surface area (Å²) in [6.45, 7) is 4.57. The number of para-hydroxylation sites is 1. The van der Waals surface area contributed by atoms with Gasteiger partial charge in [-0.05, 0) is 31.9 Å². The first-order valence-electron chi connectivity index (χ1n) is 8.06. The second kappa shape index (κ2) is 8.27. The van der Waals surface area contributed by atoms with Crippen LogP contribution in [0.3, 0.4) is 0 Å². The second-order valence-electron chi connectivity index (χ2n) is 5.42. The molecule has 5 nitrogen and oxygen atoms in total. The van der Waals surface area contributed by atoms with E-state index in [0.29, 0.717) is 6.54 Å². The molecule has 0 atom stereocenters. The van der Waals surface area contributed by atoms with Gasteiger partial charge in [-0.2, -0.15) is 0 Å². The Morgan fingerprint density at radius 3 is 2.57 bits per heavy atom. The molecule has 122 valence electrons. The average molecular weight is 313 g/mol. The van der Waals surface area contributed by atoms with E-state index >= 15 is 0 Å². The van der Waals surface area contributed by atoms with Gasteiger partial charge in [-0.15, -0.1) is 0 Å². The molecule has 0 N–H and O–H groups in total. The zero-order valence-electron chi connectivity index (χ0n) is 13.7. The van der Waals surface area contributed by atoms with Crippen molar-refractivity contribution < 1.29 is 4.79 Å². The number of carbonyl (C=O) groups excluding carboxylic acids is 1. The molecule has 0 saturated carbocycles. The molecular weight excluding hydrogens is 290 g/mol. The molecule has 5 heteroatoms. The maximum atomic E-state index is 12.5. The lowest BCUT2D eigenvalue weighted by Crippen LogP contribution is -2.36. The van der Waals surface area contributed by atoms with Crippen molar-refractivity contribution in [1.29, 1.82) is 0 Å².